The average molecular weight is 234 g/mol. The van der Waals surface area contributed by atoms with E-state index in [0.29, 0.717) is 5.92 Å². The lowest BCUT2D eigenvalue weighted by Crippen LogP contribution is -2.13. The topological polar surface area (TPSA) is 20.2 Å². The maximum absolute atomic E-state index is 10.00. The molecular weight excluding hydrogens is 208 g/mol. The van der Waals surface area contributed by atoms with E-state index >= 15 is 0 Å². The van der Waals surface area contributed by atoms with Crippen molar-refractivity contribution < 1.29 is 5.11 Å². The van der Waals surface area contributed by atoms with Crippen LogP contribution in [0.2, 0.25) is 0 Å². The van der Waals surface area contributed by atoms with Crippen molar-refractivity contribution in [2.45, 2.75) is 59.0 Å². The molecule has 0 aliphatic heterocycles. The Kier molecular flexibility index (Phi) is 6.28. The Morgan fingerprint density at radius 1 is 1.18 bits per heavy atom. The summed E-state index contributed by atoms with van der Waals surface area (Å²) in [6, 6.07) is 8.45. The normalized spacial score (nSPS) is 14.6. The minimum absolute atomic E-state index is 0.142. The minimum Gasteiger partial charge on any atom is -0.393 e. The van der Waals surface area contributed by atoms with Crippen LogP contribution < -0.4 is 0 Å². The fraction of sp³-hybridized carbons (Fsp3) is 0.625. The molecule has 1 N–H and O–H groups in total. The maximum atomic E-state index is 10.00. The van der Waals surface area contributed by atoms with E-state index in [1.165, 1.54) is 24.0 Å². The van der Waals surface area contributed by atoms with E-state index in [9.17, 15) is 5.11 Å². The van der Waals surface area contributed by atoms with E-state index < -0.39 is 0 Å². The Bertz CT molecular complexity index is 319. The second kappa shape index (κ2) is 7.50. The molecule has 1 aromatic carbocycles. The number of aliphatic hydroxyl groups is 1. The van der Waals surface area contributed by atoms with Crippen LogP contribution in [0.1, 0.15) is 50.7 Å². The number of aliphatic hydroxyl groups excluding tert-OH is 1. The molecule has 0 spiro atoms. The largest absolute Gasteiger partial charge is 0.393 e. The third-order valence-electron chi connectivity index (χ3n) is 3.46. The van der Waals surface area contributed by atoms with Crippen LogP contribution in [0.5, 0.6) is 0 Å². The summed E-state index contributed by atoms with van der Waals surface area (Å²) in [7, 11) is 0. The number of aryl methyl sites for hydroxylation is 2. The van der Waals surface area contributed by atoms with Gasteiger partial charge in [0.25, 0.3) is 0 Å². The summed E-state index contributed by atoms with van der Waals surface area (Å²) in [5, 5.41) is 10.00. The first-order valence-corrected chi connectivity index (χ1v) is 6.86. The van der Waals surface area contributed by atoms with Crippen molar-refractivity contribution >= 4 is 0 Å². The van der Waals surface area contributed by atoms with Gasteiger partial charge in [0.2, 0.25) is 0 Å². The van der Waals surface area contributed by atoms with Gasteiger partial charge in [0.1, 0.15) is 0 Å². The van der Waals surface area contributed by atoms with Gasteiger partial charge in [0, 0.05) is 0 Å². The van der Waals surface area contributed by atoms with E-state index in [4.69, 9.17) is 0 Å². The van der Waals surface area contributed by atoms with E-state index in [1.807, 2.05) is 0 Å². The molecule has 0 aromatic heterocycles. The Morgan fingerprint density at radius 3 is 2.53 bits per heavy atom. The summed E-state index contributed by atoms with van der Waals surface area (Å²) < 4.78 is 0. The minimum atomic E-state index is -0.142. The molecular formula is C16H26O. The highest BCUT2D eigenvalue weighted by molar-refractivity contribution is 5.25. The van der Waals surface area contributed by atoms with Crippen LogP contribution in [-0.4, -0.2) is 11.2 Å². The third kappa shape index (κ3) is 5.36. The van der Waals surface area contributed by atoms with E-state index in [2.05, 4.69) is 45.0 Å². The molecule has 17 heavy (non-hydrogen) atoms. The monoisotopic (exact) mass is 234 g/mol. The average Bonchev–Trinajstić information content (AvgIpc) is 2.28. The van der Waals surface area contributed by atoms with Crippen LogP contribution in [0, 0.1) is 12.8 Å². The lowest BCUT2D eigenvalue weighted by molar-refractivity contribution is 0.134. The summed E-state index contributed by atoms with van der Waals surface area (Å²) in [5.74, 6) is 0.645. The lowest BCUT2D eigenvalue weighted by atomic mass is 9.94. The van der Waals surface area contributed by atoms with Crippen molar-refractivity contribution in [3.8, 4) is 0 Å². The predicted octanol–water partition coefficient (Wildman–Crippen LogP) is 4.11. The van der Waals surface area contributed by atoms with Crippen LogP contribution in [-0.2, 0) is 6.42 Å². The van der Waals surface area contributed by atoms with E-state index in [0.717, 1.165) is 19.3 Å². The van der Waals surface area contributed by atoms with Crippen LogP contribution in [0.25, 0.3) is 0 Å². The molecule has 1 rings (SSSR count). The molecule has 96 valence electrons. The number of hydrogen-bond acceptors (Lipinski definition) is 1. The molecule has 1 nitrogen and oxygen atoms in total. The van der Waals surface area contributed by atoms with Gasteiger partial charge < -0.3 is 5.11 Å². The zero-order valence-electron chi connectivity index (χ0n) is 11.4. The van der Waals surface area contributed by atoms with Gasteiger partial charge in [-0.2, -0.15) is 0 Å². The molecule has 0 fully saturated rings. The lowest BCUT2D eigenvalue weighted by Gasteiger charge is -2.16. The SMILES string of the molecule is CCCC(C)CC(O)CCc1ccccc1C. The van der Waals surface area contributed by atoms with Gasteiger partial charge in [-0.1, -0.05) is 51.0 Å². The Balaban J connectivity index is 2.33. The van der Waals surface area contributed by atoms with Crippen molar-refractivity contribution in [3.63, 3.8) is 0 Å². The summed E-state index contributed by atoms with van der Waals surface area (Å²) in [4.78, 5) is 0. The Hall–Kier alpha value is -0.820. The molecule has 1 aromatic rings. The first kappa shape index (κ1) is 14.2. The van der Waals surface area contributed by atoms with Crippen molar-refractivity contribution in [2.75, 3.05) is 0 Å². The van der Waals surface area contributed by atoms with Crippen molar-refractivity contribution in [2.24, 2.45) is 5.92 Å². The molecule has 0 bridgehead atoms. The number of rotatable bonds is 7. The van der Waals surface area contributed by atoms with Gasteiger partial charge in [-0.3, -0.25) is 0 Å². The van der Waals surface area contributed by atoms with Gasteiger partial charge in [-0.05, 0) is 43.2 Å². The van der Waals surface area contributed by atoms with Gasteiger partial charge in [0.15, 0.2) is 0 Å². The van der Waals surface area contributed by atoms with Gasteiger partial charge in [-0.15, -0.1) is 0 Å². The van der Waals surface area contributed by atoms with E-state index in [-0.39, 0.29) is 6.10 Å². The highest BCUT2D eigenvalue weighted by Gasteiger charge is 2.10. The molecule has 2 unspecified atom stereocenters. The zero-order valence-corrected chi connectivity index (χ0v) is 11.4. The Morgan fingerprint density at radius 2 is 1.88 bits per heavy atom. The van der Waals surface area contributed by atoms with Crippen LogP contribution >= 0.6 is 0 Å². The summed E-state index contributed by atoms with van der Waals surface area (Å²) in [6.07, 6.45) is 5.12. The quantitative estimate of drug-likeness (QED) is 0.752. The summed E-state index contributed by atoms with van der Waals surface area (Å²) in [6.45, 7) is 6.58. The molecule has 0 saturated carbocycles. The van der Waals surface area contributed by atoms with Crippen molar-refractivity contribution in [3.05, 3.63) is 35.4 Å². The maximum Gasteiger partial charge on any atom is 0.0546 e. The van der Waals surface area contributed by atoms with Gasteiger partial charge in [0.05, 0.1) is 6.10 Å². The van der Waals surface area contributed by atoms with Gasteiger partial charge >= 0.3 is 0 Å². The van der Waals surface area contributed by atoms with Crippen molar-refractivity contribution in [1.29, 1.82) is 0 Å². The predicted molar refractivity (Wildman–Crippen MR) is 74.2 cm³/mol. The standard InChI is InChI=1S/C16H26O/c1-4-7-13(2)12-16(17)11-10-15-9-6-5-8-14(15)3/h5-6,8-9,13,16-17H,4,7,10-12H2,1-3H3. The summed E-state index contributed by atoms with van der Waals surface area (Å²) >= 11 is 0. The zero-order chi connectivity index (χ0) is 12.7. The van der Waals surface area contributed by atoms with Crippen LogP contribution in [0.3, 0.4) is 0 Å². The second-order valence-electron chi connectivity index (χ2n) is 5.25. The molecule has 0 heterocycles. The molecule has 2 atom stereocenters. The summed E-state index contributed by atoms with van der Waals surface area (Å²) in [5.41, 5.74) is 2.70. The Labute approximate surface area is 106 Å². The van der Waals surface area contributed by atoms with E-state index in [1.54, 1.807) is 0 Å². The second-order valence-corrected chi connectivity index (χ2v) is 5.25. The smallest absolute Gasteiger partial charge is 0.0546 e. The fourth-order valence-electron chi connectivity index (χ4n) is 2.41. The molecule has 0 amide bonds. The van der Waals surface area contributed by atoms with Gasteiger partial charge in [-0.25, -0.2) is 0 Å². The van der Waals surface area contributed by atoms with Crippen LogP contribution in [0.15, 0.2) is 24.3 Å². The third-order valence-corrected chi connectivity index (χ3v) is 3.46. The molecule has 0 aliphatic carbocycles. The highest BCUT2D eigenvalue weighted by atomic mass is 16.3. The fourth-order valence-corrected chi connectivity index (χ4v) is 2.41. The number of benzene rings is 1. The van der Waals surface area contributed by atoms with Crippen LogP contribution in [0.4, 0.5) is 0 Å². The molecule has 0 radical (unpaired) electrons. The highest BCUT2D eigenvalue weighted by Crippen LogP contribution is 2.17. The molecule has 0 saturated heterocycles. The molecule has 1 heteroatoms. The first-order valence-electron chi connectivity index (χ1n) is 6.86. The number of hydrogen-bond donors (Lipinski definition) is 1. The molecule has 0 aliphatic rings. The van der Waals surface area contributed by atoms with Crippen molar-refractivity contribution in [1.82, 2.24) is 0 Å². The first-order chi connectivity index (χ1) is 8.13.